The van der Waals surface area contributed by atoms with Crippen molar-refractivity contribution >= 4 is 11.8 Å². The molecular formula is C25H34N2O3. The number of carbonyl (C=O) groups is 2. The Morgan fingerprint density at radius 1 is 0.867 bits per heavy atom. The molecule has 5 nitrogen and oxygen atoms in total. The summed E-state index contributed by atoms with van der Waals surface area (Å²) in [4.78, 5) is 24.1. The van der Waals surface area contributed by atoms with Gasteiger partial charge >= 0.3 is 0 Å². The summed E-state index contributed by atoms with van der Waals surface area (Å²) in [6.07, 6.45) is 1.93. The first-order valence-corrected chi connectivity index (χ1v) is 10.6. The molecule has 162 valence electrons. The zero-order chi connectivity index (χ0) is 21.8. The summed E-state index contributed by atoms with van der Waals surface area (Å²) in [5.41, 5.74) is 3.11. The number of amides is 2. The van der Waals surface area contributed by atoms with Crippen LogP contribution in [0, 0.1) is 0 Å². The van der Waals surface area contributed by atoms with Crippen LogP contribution in [0.3, 0.4) is 0 Å². The minimum Gasteiger partial charge on any atom is -0.381 e. The maximum absolute atomic E-state index is 12.2. The first kappa shape index (κ1) is 23.6. The quantitative estimate of drug-likeness (QED) is 0.553. The molecular weight excluding hydrogens is 376 g/mol. The highest BCUT2D eigenvalue weighted by Gasteiger charge is 2.14. The first-order chi connectivity index (χ1) is 14.4. The standard InChI is InChI=1S/C25H34N2O3/c1-25(2,3)22-12-10-21(11-13-22)24(29)27-17-14-23(28)26-16-7-18-30-19-15-20-8-5-4-6-9-20/h4-6,8-13H,7,14-19H2,1-3H3,(H,26,28)(H,27,29). The van der Waals surface area contributed by atoms with Gasteiger partial charge in [0, 0.05) is 31.7 Å². The van der Waals surface area contributed by atoms with Gasteiger partial charge in [0.1, 0.15) is 0 Å². The molecule has 2 amide bonds. The van der Waals surface area contributed by atoms with Gasteiger partial charge in [-0.3, -0.25) is 9.59 Å². The van der Waals surface area contributed by atoms with Crippen molar-refractivity contribution in [3.05, 3.63) is 71.3 Å². The Morgan fingerprint density at radius 2 is 1.57 bits per heavy atom. The lowest BCUT2D eigenvalue weighted by Crippen LogP contribution is -2.31. The molecule has 0 unspecified atom stereocenters. The Balaban J connectivity index is 1.52. The number of hydrogen-bond donors (Lipinski definition) is 2. The Labute approximate surface area is 180 Å². The normalized spacial score (nSPS) is 11.2. The van der Waals surface area contributed by atoms with Crippen molar-refractivity contribution in [2.75, 3.05) is 26.3 Å². The molecule has 2 rings (SSSR count). The summed E-state index contributed by atoms with van der Waals surface area (Å²) >= 11 is 0. The number of ether oxygens (including phenoxy) is 1. The summed E-state index contributed by atoms with van der Waals surface area (Å²) in [6, 6.07) is 17.8. The molecule has 2 N–H and O–H groups in total. The smallest absolute Gasteiger partial charge is 0.251 e. The fourth-order valence-electron chi connectivity index (χ4n) is 2.94. The number of rotatable bonds is 11. The van der Waals surface area contributed by atoms with Crippen molar-refractivity contribution in [1.82, 2.24) is 10.6 Å². The zero-order valence-corrected chi connectivity index (χ0v) is 18.4. The van der Waals surface area contributed by atoms with Gasteiger partial charge in [0.25, 0.3) is 5.91 Å². The van der Waals surface area contributed by atoms with Crippen molar-refractivity contribution in [3.8, 4) is 0 Å². The van der Waals surface area contributed by atoms with Crippen molar-refractivity contribution in [2.45, 2.75) is 45.4 Å². The van der Waals surface area contributed by atoms with Gasteiger partial charge in [-0.2, -0.15) is 0 Å². The average Bonchev–Trinajstić information content (AvgIpc) is 2.73. The summed E-state index contributed by atoms with van der Waals surface area (Å²) < 4.78 is 5.60. The maximum atomic E-state index is 12.2. The van der Waals surface area contributed by atoms with E-state index in [9.17, 15) is 9.59 Å². The minimum absolute atomic E-state index is 0.0556. The molecule has 0 heterocycles. The third-order valence-electron chi connectivity index (χ3n) is 4.82. The average molecular weight is 411 g/mol. The second-order valence-corrected chi connectivity index (χ2v) is 8.38. The molecule has 0 aromatic heterocycles. The van der Waals surface area contributed by atoms with E-state index in [-0.39, 0.29) is 23.7 Å². The van der Waals surface area contributed by atoms with Crippen LogP contribution < -0.4 is 10.6 Å². The Kier molecular flexibility index (Phi) is 9.55. The van der Waals surface area contributed by atoms with Gasteiger partial charge in [-0.25, -0.2) is 0 Å². The molecule has 0 radical (unpaired) electrons. The van der Waals surface area contributed by atoms with Crippen molar-refractivity contribution in [2.24, 2.45) is 0 Å². The molecule has 30 heavy (non-hydrogen) atoms. The first-order valence-electron chi connectivity index (χ1n) is 10.6. The van der Waals surface area contributed by atoms with Crippen LogP contribution in [0.4, 0.5) is 0 Å². The van der Waals surface area contributed by atoms with Crippen LogP contribution in [0.25, 0.3) is 0 Å². The molecule has 0 fully saturated rings. The predicted octanol–water partition coefficient (Wildman–Crippen LogP) is 3.87. The summed E-state index contributed by atoms with van der Waals surface area (Å²) in [5, 5.41) is 5.66. The number of hydrogen-bond acceptors (Lipinski definition) is 3. The molecule has 0 bridgehead atoms. The Bertz CT molecular complexity index is 780. The Morgan fingerprint density at radius 3 is 2.23 bits per heavy atom. The lowest BCUT2D eigenvalue weighted by atomic mass is 9.87. The van der Waals surface area contributed by atoms with Crippen LogP contribution in [0.2, 0.25) is 0 Å². The summed E-state index contributed by atoms with van der Waals surface area (Å²) in [6.45, 7) is 8.60. The monoisotopic (exact) mass is 410 g/mol. The summed E-state index contributed by atoms with van der Waals surface area (Å²) in [7, 11) is 0. The zero-order valence-electron chi connectivity index (χ0n) is 18.4. The number of carbonyl (C=O) groups excluding carboxylic acids is 2. The van der Waals surface area contributed by atoms with Crippen LogP contribution >= 0.6 is 0 Å². The van der Waals surface area contributed by atoms with Crippen molar-refractivity contribution < 1.29 is 14.3 Å². The third-order valence-corrected chi connectivity index (χ3v) is 4.82. The van der Waals surface area contributed by atoms with Crippen LogP contribution in [0.15, 0.2) is 54.6 Å². The lowest BCUT2D eigenvalue weighted by Gasteiger charge is -2.19. The van der Waals surface area contributed by atoms with E-state index in [0.29, 0.717) is 31.9 Å². The predicted molar refractivity (Wildman–Crippen MR) is 121 cm³/mol. The SMILES string of the molecule is CC(C)(C)c1ccc(C(=O)NCCC(=O)NCCCOCCc2ccccc2)cc1. The van der Waals surface area contributed by atoms with Crippen LogP contribution in [0.1, 0.15) is 55.1 Å². The minimum atomic E-state index is -0.157. The van der Waals surface area contributed by atoms with E-state index in [4.69, 9.17) is 4.74 Å². The molecule has 0 spiro atoms. The van der Waals surface area contributed by atoms with Crippen LogP contribution in [0.5, 0.6) is 0 Å². The summed E-state index contributed by atoms with van der Waals surface area (Å²) in [5.74, 6) is -0.224. The van der Waals surface area contributed by atoms with Gasteiger partial charge in [0.2, 0.25) is 5.91 Å². The van der Waals surface area contributed by atoms with E-state index in [2.05, 4.69) is 43.5 Å². The van der Waals surface area contributed by atoms with Gasteiger partial charge in [-0.1, -0.05) is 63.2 Å². The van der Waals surface area contributed by atoms with Gasteiger partial charge in [-0.15, -0.1) is 0 Å². The largest absolute Gasteiger partial charge is 0.381 e. The second kappa shape index (κ2) is 12.1. The van der Waals surface area contributed by atoms with Crippen LogP contribution in [-0.4, -0.2) is 38.1 Å². The van der Waals surface area contributed by atoms with E-state index >= 15 is 0 Å². The molecule has 0 aliphatic heterocycles. The Hall–Kier alpha value is -2.66. The number of benzene rings is 2. The molecule has 0 saturated heterocycles. The molecule has 2 aromatic carbocycles. The van der Waals surface area contributed by atoms with Gasteiger partial charge in [0.05, 0.1) is 6.61 Å². The lowest BCUT2D eigenvalue weighted by molar-refractivity contribution is -0.120. The second-order valence-electron chi connectivity index (χ2n) is 8.38. The van der Waals surface area contributed by atoms with Crippen LogP contribution in [-0.2, 0) is 21.4 Å². The van der Waals surface area contributed by atoms with E-state index in [1.165, 1.54) is 11.1 Å². The van der Waals surface area contributed by atoms with E-state index in [1.54, 1.807) is 0 Å². The van der Waals surface area contributed by atoms with E-state index in [1.807, 2.05) is 42.5 Å². The van der Waals surface area contributed by atoms with Gasteiger partial charge < -0.3 is 15.4 Å². The molecule has 2 aromatic rings. The van der Waals surface area contributed by atoms with E-state index < -0.39 is 0 Å². The highest BCUT2D eigenvalue weighted by Crippen LogP contribution is 2.22. The van der Waals surface area contributed by atoms with E-state index in [0.717, 1.165) is 12.8 Å². The number of nitrogens with one attached hydrogen (secondary N) is 2. The molecule has 0 aliphatic rings. The fourth-order valence-corrected chi connectivity index (χ4v) is 2.94. The molecule has 0 aliphatic carbocycles. The van der Waals surface area contributed by atoms with Gasteiger partial charge in [0.15, 0.2) is 0 Å². The van der Waals surface area contributed by atoms with Crippen molar-refractivity contribution in [3.63, 3.8) is 0 Å². The highest BCUT2D eigenvalue weighted by atomic mass is 16.5. The molecule has 0 saturated carbocycles. The topological polar surface area (TPSA) is 67.4 Å². The van der Waals surface area contributed by atoms with Gasteiger partial charge in [-0.05, 0) is 41.5 Å². The van der Waals surface area contributed by atoms with Crippen molar-refractivity contribution in [1.29, 1.82) is 0 Å². The highest BCUT2D eigenvalue weighted by molar-refractivity contribution is 5.94. The maximum Gasteiger partial charge on any atom is 0.251 e. The fraction of sp³-hybridized carbons (Fsp3) is 0.440. The molecule has 0 atom stereocenters. The third kappa shape index (κ3) is 8.78. The molecule has 5 heteroatoms.